The molecule has 0 aliphatic carbocycles. The number of aryl methyl sites for hydroxylation is 1. The molecule has 88 valence electrons. The van der Waals surface area contributed by atoms with Gasteiger partial charge in [-0.1, -0.05) is 0 Å². The summed E-state index contributed by atoms with van der Waals surface area (Å²) < 4.78 is 11.7. The number of methoxy groups -OCH3 is 1. The summed E-state index contributed by atoms with van der Waals surface area (Å²) in [6, 6.07) is 0. The molecule has 1 saturated heterocycles. The van der Waals surface area contributed by atoms with E-state index in [1.807, 2.05) is 0 Å². The fourth-order valence-electron chi connectivity index (χ4n) is 1.74. The molecular weight excluding hydrogens is 210 g/mol. The molecule has 0 bridgehead atoms. The van der Waals surface area contributed by atoms with Gasteiger partial charge in [0, 0.05) is 13.2 Å². The maximum absolute atomic E-state index is 11.1. The number of hydrogen-bond donors (Lipinski definition) is 0. The quantitative estimate of drug-likeness (QED) is 0.703. The van der Waals surface area contributed by atoms with E-state index in [1.54, 1.807) is 11.0 Å². The monoisotopic (exact) mass is 225 g/mol. The summed E-state index contributed by atoms with van der Waals surface area (Å²) in [5.74, 6) is -0.397. The average molecular weight is 225 g/mol. The molecule has 2 heterocycles. The number of nitrogens with zero attached hydrogens (tertiary/aromatic N) is 3. The van der Waals surface area contributed by atoms with Crippen molar-refractivity contribution in [3.05, 3.63) is 12.2 Å². The van der Waals surface area contributed by atoms with Gasteiger partial charge in [-0.2, -0.15) is 0 Å². The second-order valence-electron chi connectivity index (χ2n) is 3.75. The molecule has 0 amide bonds. The van der Waals surface area contributed by atoms with Crippen molar-refractivity contribution in [1.82, 2.24) is 14.8 Å². The lowest BCUT2D eigenvalue weighted by Gasteiger charge is -2.07. The Morgan fingerprint density at radius 2 is 2.62 bits per heavy atom. The molecule has 1 aromatic rings. The number of esters is 1. The Morgan fingerprint density at radius 1 is 1.75 bits per heavy atom. The van der Waals surface area contributed by atoms with Crippen molar-refractivity contribution in [3.63, 3.8) is 0 Å². The van der Waals surface area contributed by atoms with E-state index in [2.05, 4.69) is 14.8 Å². The first-order valence-corrected chi connectivity index (χ1v) is 5.39. The van der Waals surface area contributed by atoms with Crippen LogP contribution < -0.4 is 0 Å². The predicted molar refractivity (Wildman–Crippen MR) is 55.0 cm³/mol. The standard InChI is InChI=1S/C10H15N3O3/c1-15-10(14)9-11-7-13(12-9)5-4-8-3-2-6-16-8/h7-8H,2-6H2,1H3. The second-order valence-corrected chi connectivity index (χ2v) is 3.75. The summed E-state index contributed by atoms with van der Waals surface area (Å²) in [6.07, 6.45) is 5.02. The van der Waals surface area contributed by atoms with Crippen LogP contribution in [-0.2, 0) is 16.0 Å². The van der Waals surface area contributed by atoms with E-state index in [9.17, 15) is 4.79 Å². The van der Waals surface area contributed by atoms with Crippen LogP contribution >= 0.6 is 0 Å². The van der Waals surface area contributed by atoms with Crippen molar-refractivity contribution in [2.24, 2.45) is 0 Å². The molecule has 1 aliphatic rings. The first kappa shape index (κ1) is 11.1. The number of ether oxygens (including phenoxy) is 2. The van der Waals surface area contributed by atoms with E-state index in [4.69, 9.17) is 4.74 Å². The van der Waals surface area contributed by atoms with E-state index < -0.39 is 5.97 Å². The van der Waals surface area contributed by atoms with Crippen LogP contribution in [0.1, 0.15) is 29.9 Å². The van der Waals surface area contributed by atoms with E-state index in [0.29, 0.717) is 12.6 Å². The summed E-state index contributed by atoms with van der Waals surface area (Å²) in [5, 5.41) is 4.02. The summed E-state index contributed by atoms with van der Waals surface area (Å²) in [5.41, 5.74) is 0. The van der Waals surface area contributed by atoms with Crippen molar-refractivity contribution in [2.75, 3.05) is 13.7 Å². The molecule has 1 aliphatic heterocycles. The zero-order valence-electron chi connectivity index (χ0n) is 9.26. The second kappa shape index (κ2) is 5.07. The van der Waals surface area contributed by atoms with Gasteiger partial charge in [-0.3, -0.25) is 4.68 Å². The van der Waals surface area contributed by atoms with Gasteiger partial charge in [0.1, 0.15) is 6.33 Å². The predicted octanol–water partition coefficient (Wildman–Crippen LogP) is 0.634. The van der Waals surface area contributed by atoms with Crippen LogP contribution in [0.3, 0.4) is 0 Å². The minimum Gasteiger partial charge on any atom is -0.463 e. The molecule has 0 saturated carbocycles. The highest BCUT2D eigenvalue weighted by Crippen LogP contribution is 2.15. The molecule has 0 aromatic carbocycles. The van der Waals surface area contributed by atoms with Gasteiger partial charge < -0.3 is 9.47 Å². The Kier molecular flexibility index (Phi) is 3.51. The summed E-state index contributed by atoms with van der Waals surface area (Å²) in [7, 11) is 1.31. The molecule has 1 aromatic heterocycles. The Labute approximate surface area is 93.6 Å². The summed E-state index contributed by atoms with van der Waals surface area (Å²) >= 11 is 0. The third kappa shape index (κ3) is 2.57. The highest BCUT2D eigenvalue weighted by atomic mass is 16.5. The fraction of sp³-hybridized carbons (Fsp3) is 0.700. The van der Waals surface area contributed by atoms with Crippen molar-refractivity contribution >= 4 is 5.97 Å². The zero-order chi connectivity index (χ0) is 11.4. The molecule has 1 unspecified atom stereocenters. The van der Waals surface area contributed by atoms with Gasteiger partial charge in [0.15, 0.2) is 0 Å². The molecule has 6 heteroatoms. The molecule has 6 nitrogen and oxygen atoms in total. The van der Waals surface area contributed by atoms with Crippen LogP contribution in [0.15, 0.2) is 6.33 Å². The van der Waals surface area contributed by atoms with E-state index in [0.717, 1.165) is 25.9 Å². The topological polar surface area (TPSA) is 66.2 Å². The van der Waals surface area contributed by atoms with Crippen LogP contribution in [0.25, 0.3) is 0 Å². The van der Waals surface area contributed by atoms with Crippen LogP contribution in [0, 0.1) is 0 Å². The Bertz CT molecular complexity index is 358. The Balaban J connectivity index is 1.85. The van der Waals surface area contributed by atoms with Crippen LogP contribution in [0.4, 0.5) is 0 Å². The van der Waals surface area contributed by atoms with E-state index in [-0.39, 0.29) is 5.82 Å². The Hall–Kier alpha value is -1.43. The van der Waals surface area contributed by atoms with Gasteiger partial charge in [-0.15, -0.1) is 5.10 Å². The maximum Gasteiger partial charge on any atom is 0.377 e. The normalized spacial score (nSPS) is 19.9. The van der Waals surface area contributed by atoms with Gasteiger partial charge in [0.25, 0.3) is 5.82 Å². The van der Waals surface area contributed by atoms with Gasteiger partial charge in [0.2, 0.25) is 0 Å². The maximum atomic E-state index is 11.1. The largest absolute Gasteiger partial charge is 0.463 e. The smallest absolute Gasteiger partial charge is 0.377 e. The van der Waals surface area contributed by atoms with E-state index in [1.165, 1.54) is 7.11 Å². The van der Waals surface area contributed by atoms with Crippen LogP contribution in [-0.4, -0.2) is 40.6 Å². The minimum atomic E-state index is -0.504. The highest BCUT2D eigenvalue weighted by Gasteiger charge is 2.16. The molecule has 0 radical (unpaired) electrons. The highest BCUT2D eigenvalue weighted by molar-refractivity contribution is 5.84. The third-order valence-corrected chi connectivity index (χ3v) is 2.61. The molecule has 2 rings (SSSR count). The van der Waals surface area contributed by atoms with Gasteiger partial charge in [0.05, 0.1) is 13.2 Å². The molecule has 0 spiro atoms. The summed E-state index contributed by atoms with van der Waals surface area (Å²) in [6.45, 7) is 1.57. The molecule has 1 atom stereocenters. The molecule has 1 fully saturated rings. The van der Waals surface area contributed by atoms with Crippen LogP contribution in [0.2, 0.25) is 0 Å². The lowest BCUT2D eigenvalue weighted by molar-refractivity contribution is 0.0586. The lowest BCUT2D eigenvalue weighted by Crippen LogP contribution is -2.11. The zero-order valence-corrected chi connectivity index (χ0v) is 9.26. The van der Waals surface area contributed by atoms with Gasteiger partial charge in [-0.25, -0.2) is 9.78 Å². The number of carbonyl (C=O) groups is 1. The SMILES string of the molecule is COC(=O)c1ncn(CCC2CCCO2)n1. The minimum absolute atomic E-state index is 0.106. The Morgan fingerprint density at radius 3 is 3.31 bits per heavy atom. The van der Waals surface area contributed by atoms with Crippen molar-refractivity contribution in [1.29, 1.82) is 0 Å². The van der Waals surface area contributed by atoms with Crippen molar-refractivity contribution < 1.29 is 14.3 Å². The first-order valence-electron chi connectivity index (χ1n) is 5.39. The molecular formula is C10H15N3O3. The van der Waals surface area contributed by atoms with Gasteiger partial charge in [-0.05, 0) is 19.3 Å². The average Bonchev–Trinajstić information content (AvgIpc) is 2.96. The number of aromatic nitrogens is 3. The number of hydrogen-bond acceptors (Lipinski definition) is 5. The number of rotatable bonds is 4. The first-order chi connectivity index (χ1) is 7.79. The van der Waals surface area contributed by atoms with Gasteiger partial charge >= 0.3 is 5.97 Å². The van der Waals surface area contributed by atoms with Crippen molar-refractivity contribution in [2.45, 2.75) is 31.9 Å². The third-order valence-electron chi connectivity index (χ3n) is 2.61. The molecule has 0 N–H and O–H groups in total. The summed E-state index contributed by atoms with van der Waals surface area (Å²) in [4.78, 5) is 15.0. The van der Waals surface area contributed by atoms with Crippen LogP contribution in [0.5, 0.6) is 0 Å². The fourth-order valence-corrected chi connectivity index (χ4v) is 1.74. The number of carbonyl (C=O) groups excluding carboxylic acids is 1. The lowest BCUT2D eigenvalue weighted by atomic mass is 10.2. The van der Waals surface area contributed by atoms with E-state index >= 15 is 0 Å². The van der Waals surface area contributed by atoms with Crippen molar-refractivity contribution in [3.8, 4) is 0 Å². The molecule has 16 heavy (non-hydrogen) atoms.